The van der Waals surface area contributed by atoms with Gasteiger partial charge in [-0.2, -0.15) is 11.8 Å². The number of primary amides is 1. The van der Waals surface area contributed by atoms with Gasteiger partial charge in [0.2, 0.25) is 65.0 Å². The Bertz CT molecular complexity index is 2600. The molecule has 0 spiro atoms. The van der Waals surface area contributed by atoms with Gasteiger partial charge in [0.15, 0.2) is 5.96 Å². The number of carbonyl (C=O) groups is 12. The van der Waals surface area contributed by atoms with Crippen molar-refractivity contribution in [1.82, 2.24) is 53.2 Å². The number of nitrogens with zero attached hydrogens (tertiary/aromatic N) is 1. The zero-order valence-corrected chi connectivity index (χ0v) is 54.9. The first-order valence-corrected chi connectivity index (χ1v) is 32.2. The van der Waals surface area contributed by atoms with E-state index in [-0.39, 0.29) is 99.7 Å². The lowest BCUT2D eigenvalue weighted by atomic mass is 9.99. The molecule has 1 aromatic carbocycles. The molecule has 0 aromatic heterocycles. The number of nitrogens with one attached hydrogen (secondary N) is 10. The lowest BCUT2D eigenvalue weighted by molar-refractivity contribution is -0.142. The average molecular weight is 1320 g/mol. The lowest BCUT2D eigenvalue weighted by Crippen LogP contribution is -2.62. The van der Waals surface area contributed by atoms with E-state index >= 15 is 0 Å². The maximum Gasteiger partial charge on any atom is 0.305 e. The van der Waals surface area contributed by atoms with Crippen LogP contribution in [0.15, 0.2) is 29.3 Å². The van der Waals surface area contributed by atoms with E-state index in [1.807, 2.05) is 13.8 Å². The lowest BCUT2D eigenvalue weighted by Gasteiger charge is -2.28. The summed E-state index contributed by atoms with van der Waals surface area (Å²) in [7, 11) is 0. The highest BCUT2D eigenvalue weighted by Gasteiger charge is 2.37. The minimum absolute atomic E-state index is 0.0330. The Balaban J connectivity index is 3.52. The number of aliphatic carboxylic acids is 1. The average Bonchev–Trinajstić information content (AvgIpc) is 1.19. The van der Waals surface area contributed by atoms with E-state index in [1.165, 1.54) is 43.0 Å². The summed E-state index contributed by atoms with van der Waals surface area (Å²) in [6, 6.07) is -9.54. The number of unbranched alkanes of at least 4 members (excludes halogenated alkanes) is 2. The van der Waals surface area contributed by atoms with Crippen molar-refractivity contribution in [2.75, 3.05) is 38.2 Å². The van der Waals surface area contributed by atoms with Crippen LogP contribution in [-0.2, 0) is 64.0 Å². The second-order valence-electron chi connectivity index (χ2n) is 23.5. The molecule has 0 saturated carbocycles. The second kappa shape index (κ2) is 43.8. The molecule has 0 radical (unpaired) electrons. The number of carboxylic acids is 1. The molecule has 32 nitrogen and oxygen atoms in total. The number of carboxylic acid groups (broad SMARTS) is 1. The second-order valence-corrected chi connectivity index (χ2v) is 24.4. The molecular formula is C59H102N16O16S. The molecule has 92 heavy (non-hydrogen) atoms. The number of nitrogens with two attached hydrogens (primary N) is 5. The highest BCUT2D eigenvalue weighted by Crippen LogP contribution is 2.16. The summed E-state index contributed by atoms with van der Waals surface area (Å²) in [5.41, 5.74) is 28.3. The van der Waals surface area contributed by atoms with Crippen molar-refractivity contribution in [2.24, 2.45) is 51.4 Å². The molecular weight excluding hydrogens is 1220 g/mol. The maximum absolute atomic E-state index is 14.4. The number of rotatable bonds is 46. The fourth-order valence-electron chi connectivity index (χ4n) is 9.11. The minimum atomic E-state index is -2.01. The first kappa shape index (κ1) is 82.1. The summed E-state index contributed by atoms with van der Waals surface area (Å²) >= 11 is 1.25. The van der Waals surface area contributed by atoms with Crippen LogP contribution in [0, 0.1) is 17.8 Å². The van der Waals surface area contributed by atoms with Gasteiger partial charge in [-0.25, -0.2) is 0 Å². The standard InChI is InChI=1S/C59H102N16O16S/c1-31(2)26-41(48(62)81)70-51(84)39(16-13-24-65-59(63)64)68-55(88)43(28-36-17-19-37(78)20-18-36)72-52(85)38(15-10-12-23-61)67-56(89)44(29-46(79)80)73-58(91)47(35(7)77)75-53(86)40(21-25-92-8)69-57(90)45(30-76)74-50(83)34(6)66-54(87)42(27-32(3)4)71-49(82)33(5)14-9-11-22-60/h17-20,31-35,38-45,47,76-78H,9-16,21-30,60-61H2,1-8H3,(H2,62,81)(H,66,87)(H,67,89)(H,68,88)(H,69,90)(H,70,84)(H,71,82)(H,72,85)(H,73,91)(H,74,83)(H,75,86)(H,79,80)(H4,63,64,65)/t33-,34-,35+,38-,39-,40-,41-,42-,43-,44-,45-,47-/m0/s1. The van der Waals surface area contributed by atoms with E-state index in [9.17, 15) is 78.0 Å². The Morgan fingerprint density at radius 2 is 0.935 bits per heavy atom. The number of aromatic hydroxyl groups is 1. The third kappa shape index (κ3) is 32.4. The molecule has 0 aliphatic carbocycles. The van der Waals surface area contributed by atoms with Crippen molar-refractivity contribution in [2.45, 2.75) is 198 Å². The van der Waals surface area contributed by atoms with Gasteiger partial charge in [0.25, 0.3) is 0 Å². The first-order chi connectivity index (χ1) is 43.3. The summed E-state index contributed by atoms with van der Waals surface area (Å²) in [6.07, 6.45) is 1.16. The summed E-state index contributed by atoms with van der Waals surface area (Å²) < 4.78 is 0. The Morgan fingerprint density at radius 3 is 1.43 bits per heavy atom. The molecule has 0 saturated heterocycles. The van der Waals surface area contributed by atoms with Crippen molar-refractivity contribution in [1.29, 1.82) is 0 Å². The molecule has 0 fully saturated rings. The number of aliphatic hydroxyl groups excluding tert-OH is 2. The van der Waals surface area contributed by atoms with Crippen LogP contribution in [0.5, 0.6) is 5.75 Å². The summed E-state index contributed by atoms with van der Waals surface area (Å²) in [5, 5.41) is 65.9. The molecule has 520 valence electrons. The molecule has 11 amide bonds. The molecule has 0 aliphatic heterocycles. The number of hydrogen-bond acceptors (Lipinski definition) is 19. The Kier molecular flexibility index (Phi) is 39.1. The molecule has 0 aliphatic rings. The van der Waals surface area contributed by atoms with Gasteiger partial charge in [0.05, 0.1) is 19.1 Å². The number of thioether (sulfide) groups is 1. The normalized spacial score (nSPS) is 15.1. The smallest absolute Gasteiger partial charge is 0.305 e. The summed E-state index contributed by atoms with van der Waals surface area (Å²) in [4.78, 5) is 167. The predicted molar refractivity (Wildman–Crippen MR) is 344 cm³/mol. The van der Waals surface area contributed by atoms with Gasteiger partial charge in [-0.1, -0.05) is 53.2 Å². The number of benzene rings is 1. The van der Waals surface area contributed by atoms with Gasteiger partial charge in [0.1, 0.15) is 66.2 Å². The van der Waals surface area contributed by atoms with Gasteiger partial charge in [-0.3, -0.25) is 62.5 Å². The number of phenols is 1. The number of aliphatic hydroxyl groups is 2. The van der Waals surface area contributed by atoms with Crippen LogP contribution in [0.2, 0.25) is 0 Å². The minimum Gasteiger partial charge on any atom is -0.508 e. The van der Waals surface area contributed by atoms with E-state index in [0.29, 0.717) is 31.4 Å². The van der Waals surface area contributed by atoms with Gasteiger partial charge >= 0.3 is 5.97 Å². The summed E-state index contributed by atoms with van der Waals surface area (Å²) in [5.74, 6) is -12.6. The monoisotopic (exact) mass is 1320 g/mol. The van der Waals surface area contributed by atoms with Gasteiger partial charge in [0, 0.05) is 18.9 Å². The third-order valence-corrected chi connectivity index (χ3v) is 14.9. The molecule has 0 unspecified atom stereocenters. The van der Waals surface area contributed by atoms with Gasteiger partial charge in [-0.05, 0) is 133 Å². The van der Waals surface area contributed by atoms with Crippen LogP contribution in [0.4, 0.5) is 0 Å². The van der Waals surface area contributed by atoms with Crippen molar-refractivity contribution in [3.05, 3.63) is 29.8 Å². The van der Waals surface area contributed by atoms with Crippen LogP contribution in [0.1, 0.15) is 131 Å². The fraction of sp³-hybridized carbons (Fsp3) is 0.678. The van der Waals surface area contributed by atoms with Crippen LogP contribution in [0.25, 0.3) is 0 Å². The van der Waals surface area contributed by atoms with Crippen molar-refractivity contribution in [3.63, 3.8) is 0 Å². The van der Waals surface area contributed by atoms with Crippen LogP contribution >= 0.6 is 11.8 Å². The van der Waals surface area contributed by atoms with Crippen LogP contribution in [0.3, 0.4) is 0 Å². The van der Waals surface area contributed by atoms with E-state index < -0.39 is 151 Å². The van der Waals surface area contributed by atoms with Crippen molar-refractivity contribution < 1.29 is 78.0 Å². The molecule has 12 atom stereocenters. The quantitative estimate of drug-likeness (QED) is 0.0168. The number of phenolic OH excluding ortho intramolecular Hbond substituents is 1. The number of carbonyl (C=O) groups excluding carboxylic acids is 11. The molecule has 1 rings (SSSR count). The topological polar surface area (TPSA) is 549 Å². The highest BCUT2D eigenvalue weighted by molar-refractivity contribution is 7.98. The molecule has 0 heterocycles. The van der Waals surface area contributed by atoms with Crippen molar-refractivity contribution in [3.8, 4) is 5.75 Å². The third-order valence-electron chi connectivity index (χ3n) is 14.3. The molecule has 0 bridgehead atoms. The number of amides is 11. The van der Waals surface area contributed by atoms with Gasteiger partial charge in [-0.15, -0.1) is 0 Å². The number of guanidine groups is 1. The maximum atomic E-state index is 14.4. The molecule has 33 heteroatoms. The van der Waals surface area contributed by atoms with Crippen LogP contribution < -0.4 is 81.8 Å². The summed E-state index contributed by atoms with van der Waals surface area (Å²) in [6.45, 7) is 11.0. The Labute approximate surface area is 541 Å². The van der Waals surface area contributed by atoms with E-state index in [1.54, 1.807) is 27.0 Å². The molecule has 1 aromatic rings. The largest absolute Gasteiger partial charge is 0.508 e. The Hall–Kier alpha value is -7.88. The van der Waals surface area contributed by atoms with Crippen LogP contribution in [-0.4, -0.2) is 202 Å². The Morgan fingerprint density at radius 1 is 0.500 bits per heavy atom. The SMILES string of the molecule is CSCC[C@H](NC(=O)[C@H](CO)NC(=O)[C@H](C)NC(=O)[C@H](CC(C)C)NC(=O)[C@@H](C)CCCCN)C(=O)N[C@H](C(=O)N[C@@H](CC(=O)O)C(=O)N[C@@H](CCCCN)C(=O)N[C@@H](Cc1ccc(O)cc1)C(=O)N[C@@H](CCCN=C(N)N)C(=O)N[C@@H](CC(C)C)C(N)=O)[C@@H](C)O. The van der Waals surface area contributed by atoms with Crippen molar-refractivity contribution >= 4 is 88.7 Å². The first-order valence-electron chi connectivity index (χ1n) is 30.8. The highest BCUT2D eigenvalue weighted by atomic mass is 32.2. The predicted octanol–water partition coefficient (Wildman–Crippen LogP) is -4.07. The van der Waals surface area contributed by atoms with Gasteiger partial charge < -0.3 is 102 Å². The number of hydrogen-bond donors (Lipinski definition) is 19. The van der Waals surface area contributed by atoms with E-state index in [2.05, 4.69) is 58.2 Å². The van der Waals surface area contributed by atoms with E-state index in [0.717, 1.165) is 13.3 Å². The van der Waals surface area contributed by atoms with E-state index in [4.69, 9.17) is 28.7 Å². The molecule has 24 N–H and O–H groups in total. The number of aliphatic imine (C=N–C) groups is 1. The zero-order valence-electron chi connectivity index (χ0n) is 54.1. The zero-order chi connectivity index (χ0) is 69.8. The fourth-order valence-corrected chi connectivity index (χ4v) is 9.58.